The Balaban J connectivity index is 3.00. The van der Waals surface area contributed by atoms with Gasteiger partial charge in [-0.3, -0.25) is 0 Å². The second kappa shape index (κ2) is 3.29. The van der Waals surface area contributed by atoms with Gasteiger partial charge in [0.05, 0.1) is 4.91 Å². The lowest BCUT2D eigenvalue weighted by Gasteiger charge is -2.06. The fraction of sp³-hybridized carbons (Fsp3) is 0.333. The molecule has 1 aliphatic carbocycles. The van der Waals surface area contributed by atoms with E-state index in [4.69, 9.17) is 10.7 Å². The molecule has 0 radical (unpaired) electrons. The van der Waals surface area contributed by atoms with Crippen LogP contribution in [0.3, 0.4) is 0 Å². The summed E-state index contributed by atoms with van der Waals surface area (Å²) in [6.45, 7) is 0. The molecule has 1 rings (SSSR count). The molecule has 1 aliphatic rings. The molecule has 5 heteroatoms. The second-order valence-corrected chi connectivity index (χ2v) is 5.71. The van der Waals surface area contributed by atoms with Crippen LogP contribution in [0.4, 0.5) is 0 Å². The van der Waals surface area contributed by atoms with Crippen LogP contribution in [0.1, 0.15) is 12.8 Å². The van der Waals surface area contributed by atoms with E-state index in [1.807, 2.05) is 6.08 Å². The smallest absolute Gasteiger partial charge is 0.207 e. The SMILES string of the molecule is O=S(=O)(Cl)C1=CC(Br)=CCC1. The van der Waals surface area contributed by atoms with Gasteiger partial charge in [-0.2, -0.15) is 0 Å². The molecule has 0 heterocycles. The number of halogens is 2. The van der Waals surface area contributed by atoms with Crippen molar-refractivity contribution >= 4 is 35.7 Å². The molecule has 0 aliphatic heterocycles. The third-order valence-electron chi connectivity index (χ3n) is 1.34. The highest BCUT2D eigenvalue weighted by atomic mass is 79.9. The standard InChI is InChI=1S/C6H6BrClO2S/c7-5-2-1-3-6(4-5)11(8,9)10/h2,4H,1,3H2. The van der Waals surface area contributed by atoms with Crippen LogP contribution < -0.4 is 0 Å². The van der Waals surface area contributed by atoms with Gasteiger partial charge in [0.15, 0.2) is 0 Å². The topological polar surface area (TPSA) is 34.1 Å². The van der Waals surface area contributed by atoms with Crippen LogP contribution in [-0.4, -0.2) is 8.42 Å². The Hall–Kier alpha value is 0.200. The Morgan fingerprint density at radius 1 is 1.55 bits per heavy atom. The van der Waals surface area contributed by atoms with Crippen molar-refractivity contribution in [3.05, 3.63) is 21.5 Å². The second-order valence-electron chi connectivity index (χ2n) is 2.18. The van der Waals surface area contributed by atoms with Crippen LogP contribution in [0.5, 0.6) is 0 Å². The lowest BCUT2D eigenvalue weighted by molar-refractivity contribution is 0.613. The van der Waals surface area contributed by atoms with Crippen molar-refractivity contribution in [2.75, 3.05) is 0 Å². The summed E-state index contributed by atoms with van der Waals surface area (Å²) >= 11 is 3.18. The maximum atomic E-state index is 10.8. The fourth-order valence-corrected chi connectivity index (χ4v) is 2.48. The normalized spacial score (nSPS) is 19.1. The van der Waals surface area contributed by atoms with Crippen LogP contribution in [-0.2, 0) is 9.05 Å². The minimum atomic E-state index is -3.50. The quantitative estimate of drug-likeness (QED) is 0.677. The summed E-state index contributed by atoms with van der Waals surface area (Å²) in [5.41, 5.74) is 0. The van der Waals surface area contributed by atoms with Crippen LogP contribution in [0.15, 0.2) is 21.5 Å². The average Bonchev–Trinajstić information content (AvgIpc) is 1.86. The molecular formula is C6H6BrClO2S. The van der Waals surface area contributed by atoms with E-state index in [2.05, 4.69) is 15.9 Å². The van der Waals surface area contributed by atoms with Gasteiger partial charge in [-0.15, -0.1) is 0 Å². The molecule has 0 spiro atoms. The number of hydrogen-bond donors (Lipinski definition) is 0. The highest BCUT2D eigenvalue weighted by molar-refractivity contribution is 9.11. The zero-order chi connectivity index (χ0) is 8.48. The van der Waals surface area contributed by atoms with E-state index in [9.17, 15) is 8.42 Å². The van der Waals surface area contributed by atoms with Gasteiger partial charge in [-0.1, -0.05) is 22.0 Å². The van der Waals surface area contributed by atoms with Crippen molar-refractivity contribution in [3.63, 3.8) is 0 Å². The summed E-state index contributed by atoms with van der Waals surface area (Å²) in [5.74, 6) is 0. The lowest BCUT2D eigenvalue weighted by atomic mass is 10.2. The summed E-state index contributed by atoms with van der Waals surface area (Å²) in [6, 6.07) is 0. The highest BCUT2D eigenvalue weighted by Crippen LogP contribution is 2.26. The van der Waals surface area contributed by atoms with E-state index in [1.54, 1.807) is 0 Å². The van der Waals surface area contributed by atoms with Gasteiger partial charge in [0.25, 0.3) is 9.05 Å². The number of allylic oxidation sites excluding steroid dienone is 4. The summed E-state index contributed by atoms with van der Waals surface area (Å²) < 4.78 is 22.3. The molecule has 0 saturated carbocycles. The summed E-state index contributed by atoms with van der Waals surface area (Å²) in [5, 5.41) is 0. The van der Waals surface area contributed by atoms with Gasteiger partial charge >= 0.3 is 0 Å². The Labute approximate surface area is 78.5 Å². The number of rotatable bonds is 1. The molecule has 0 atom stereocenters. The molecule has 0 fully saturated rings. The van der Waals surface area contributed by atoms with Crippen LogP contribution in [0.2, 0.25) is 0 Å². The zero-order valence-corrected chi connectivity index (χ0v) is 8.71. The zero-order valence-electron chi connectivity index (χ0n) is 5.55. The van der Waals surface area contributed by atoms with Crippen LogP contribution in [0.25, 0.3) is 0 Å². The highest BCUT2D eigenvalue weighted by Gasteiger charge is 2.15. The minimum absolute atomic E-state index is 0.286. The minimum Gasteiger partial charge on any atom is -0.207 e. The molecule has 0 saturated heterocycles. The third kappa shape index (κ3) is 2.61. The Morgan fingerprint density at radius 3 is 2.55 bits per heavy atom. The van der Waals surface area contributed by atoms with E-state index in [0.717, 1.165) is 10.9 Å². The predicted molar refractivity (Wildman–Crippen MR) is 49.1 cm³/mol. The largest absolute Gasteiger partial charge is 0.257 e. The van der Waals surface area contributed by atoms with Crippen LogP contribution in [0, 0.1) is 0 Å². The molecule has 0 aromatic rings. The Bertz CT molecular complexity index is 315. The molecule has 0 bridgehead atoms. The Kier molecular flexibility index (Phi) is 2.78. The maximum absolute atomic E-state index is 10.8. The fourth-order valence-electron chi connectivity index (χ4n) is 0.829. The third-order valence-corrected chi connectivity index (χ3v) is 3.44. The summed E-state index contributed by atoms with van der Waals surface area (Å²) in [4.78, 5) is 0.286. The first-order valence-corrected chi connectivity index (χ1v) is 6.11. The van der Waals surface area contributed by atoms with Gasteiger partial charge in [-0.05, 0) is 18.9 Å². The average molecular weight is 258 g/mol. The van der Waals surface area contributed by atoms with E-state index >= 15 is 0 Å². The van der Waals surface area contributed by atoms with Crippen molar-refractivity contribution in [1.29, 1.82) is 0 Å². The van der Waals surface area contributed by atoms with E-state index < -0.39 is 9.05 Å². The summed E-state index contributed by atoms with van der Waals surface area (Å²) in [7, 11) is 1.64. The van der Waals surface area contributed by atoms with E-state index in [-0.39, 0.29) is 4.91 Å². The predicted octanol–water partition coefficient (Wildman–Crippen LogP) is 2.51. The molecule has 0 unspecified atom stereocenters. The summed E-state index contributed by atoms with van der Waals surface area (Å²) in [6.07, 6.45) is 4.66. The van der Waals surface area contributed by atoms with Crippen molar-refractivity contribution in [1.82, 2.24) is 0 Å². The van der Waals surface area contributed by atoms with Crippen molar-refractivity contribution < 1.29 is 8.42 Å². The first-order chi connectivity index (χ1) is 5.00. The first-order valence-electron chi connectivity index (χ1n) is 3.01. The molecule has 0 N–H and O–H groups in total. The molecule has 2 nitrogen and oxygen atoms in total. The van der Waals surface area contributed by atoms with Gasteiger partial charge in [0.2, 0.25) is 0 Å². The molecule has 0 amide bonds. The number of hydrogen-bond acceptors (Lipinski definition) is 2. The molecular weight excluding hydrogens is 251 g/mol. The molecule has 0 aromatic heterocycles. The van der Waals surface area contributed by atoms with Crippen molar-refractivity contribution in [2.45, 2.75) is 12.8 Å². The Morgan fingerprint density at radius 2 is 2.18 bits per heavy atom. The van der Waals surface area contributed by atoms with Gasteiger partial charge < -0.3 is 0 Å². The molecule has 62 valence electrons. The van der Waals surface area contributed by atoms with Gasteiger partial charge in [-0.25, -0.2) is 8.42 Å². The monoisotopic (exact) mass is 256 g/mol. The van der Waals surface area contributed by atoms with Gasteiger partial charge in [0, 0.05) is 15.2 Å². The van der Waals surface area contributed by atoms with Crippen LogP contribution >= 0.6 is 26.6 Å². The van der Waals surface area contributed by atoms with E-state index in [1.165, 1.54) is 6.08 Å². The van der Waals surface area contributed by atoms with Gasteiger partial charge in [0.1, 0.15) is 0 Å². The first kappa shape index (κ1) is 9.29. The molecule has 0 aromatic carbocycles. The lowest BCUT2D eigenvalue weighted by Crippen LogP contribution is -1.97. The molecule has 11 heavy (non-hydrogen) atoms. The van der Waals surface area contributed by atoms with Crippen molar-refractivity contribution in [3.8, 4) is 0 Å². The van der Waals surface area contributed by atoms with E-state index in [0.29, 0.717) is 6.42 Å². The maximum Gasteiger partial charge on any atom is 0.257 e. The van der Waals surface area contributed by atoms with Crippen molar-refractivity contribution in [2.24, 2.45) is 0 Å².